The maximum absolute atomic E-state index is 5.82. The fourth-order valence-corrected chi connectivity index (χ4v) is 2.14. The molecule has 0 aliphatic rings. The average molecular weight is 354 g/mol. The van der Waals surface area contributed by atoms with Gasteiger partial charge in [-0.25, -0.2) is 4.98 Å². The van der Waals surface area contributed by atoms with Crippen LogP contribution in [0.5, 0.6) is 5.75 Å². The summed E-state index contributed by atoms with van der Waals surface area (Å²) < 4.78 is 6.94. The highest BCUT2D eigenvalue weighted by Gasteiger charge is 2.04. The van der Waals surface area contributed by atoms with Crippen molar-refractivity contribution >= 4 is 28.4 Å². The number of aromatic nitrogens is 1. The molecule has 3 nitrogen and oxygen atoms in total. The van der Waals surface area contributed by atoms with Gasteiger partial charge >= 0.3 is 0 Å². The van der Waals surface area contributed by atoms with Gasteiger partial charge in [0.25, 0.3) is 0 Å². The van der Waals surface area contributed by atoms with E-state index < -0.39 is 0 Å². The zero-order valence-corrected chi connectivity index (χ0v) is 12.3. The Morgan fingerprint density at radius 3 is 2.83 bits per heavy atom. The molecule has 0 spiro atoms. The highest BCUT2D eigenvalue weighted by Crippen LogP contribution is 2.22. The molecule has 1 aromatic heterocycles. The van der Waals surface area contributed by atoms with Gasteiger partial charge in [-0.2, -0.15) is 0 Å². The van der Waals surface area contributed by atoms with Gasteiger partial charge in [-0.1, -0.05) is 18.2 Å². The Balaban J connectivity index is 2.08. The third-order valence-electron chi connectivity index (χ3n) is 2.46. The number of anilines is 1. The van der Waals surface area contributed by atoms with Crippen molar-refractivity contribution in [2.45, 2.75) is 13.5 Å². The van der Waals surface area contributed by atoms with E-state index in [-0.39, 0.29) is 0 Å². The first-order valence-corrected chi connectivity index (χ1v) is 6.94. The van der Waals surface area contributed by atoms with E-state index in [1.807, 2.05) is 36.4 Å². The van der Waals surface area contributed by atoms with Crippen molar-refractivity contribution < 1.29 is 4.74 Å². The molecular weight excluding hydrogens is 339 g/mol. The molecule has 1 heterocycles. The first-order chi connectivity index (χ1) is 8.81. The molecule has 94 valence electrons. The summed E-state index contributed by atoms with van der Waals surface area (Å²) in [5.74, 6) is 1.80. The first kappa shape index (κ1) is 13.1. The summed E-state index contributed by atoms with van der Waals surface area (Å²) >= 11 is 2.27. The summed E-state index contributed by atoms with van der Waals surface area (Å²) in [7, 11) is 0. The van der Waals surface area contributed by atoms with Gasteiger partial charge in [0.15, 0.2) is 0 Å². The molecule has 1 aromatic carbocycles. The van der Waals surface area contributed by atoms with Gasteiger partial charge in [0, 0.05) is 18.3 Å². The van der Waals surface area contributed by atoms with Crippen molar-refractivity contribution in [3.05, 3.63) is 51.7 Å². The Hall–Kier alpha value is -1.30. The summed E-state index contributed by atoms with van der Waals surface area (Å²) in [6.45, 7) is 3.43. The summed E-state index contributed by atoms with van der Waals surface area (Å²) in [6.07, 6.45) is 1.79. The van der Waals surface area contributed by atoms with E-state index >= 15 is 0 Å². The SMILES string of the molecule is CCNc1ncccc1COc1ccccc1I. The molecule has 1 N–H and O–H groups in total. The van der Waals surface area contributed by atoms with Gasteiger partial charge in [0.2, 0.25) is 0 Å². The van der Waals surface area contributed by atoms with Gasteiger partial charge in [-0.3, -0.25) is 0 Å². The van der Waals surface area contributed by atoms with Gasteiger partial charge in [-0.05, 0) is 47.7 Å². The third-order valence-corrected chi connectivity index (χ3v) is 3.35. The number of para-hydroxylation sites is 1. The molecule has 0 bridgehead atoms. The van der Waals surface area contributed by atoms with Gasteiger partial charge < -0.3 is 10.1 Å². The predicted molar refractivity (Wildman–Crippen MR) is 81.9 cm³/mol. The molecule has 0 aliphatic heterocycles. The average Bonchev–Trinajstić information content (AvgIpc) is 2.40. The molecule has 18 heavy (non-hydrogen) atoms. The van der Waals surface area contributed by atoms with Crippen LogP contribution < -0.4 is 10.1 Å². The molecule has 0 saturated heterocycles. The molecule has 2 aromatic rings. The highest BCUT2D eigenvalue weighted by molar-refractivity contribution is 14.1. The maximum Gasteiger partial charge on any atom is 0.133 e. The minimum Gasteiger partial charge on any atom is -0.488 e. The number of nitrogens with one attached hydrogen (secondary N) is 1. The number of nitrogens with zero attached hydrogens (tertiary/aromatic N) is 1. The first-order valence-electron chi connectivity index (χ1n) is 5.86. The number of hydrogen-bond acceptors (Lipinski definition) is 3. The number of halogens is 1. The van der Waals surface area contributed by atoms with Crippen LogP contribution in [0.1, 0.15) is 12.5 Å². The lowest BCUT2D eigenvalue weighted by molar-refractivity contribution is 0.304. The standard InChI is InChI=1S/C14H15IN2O/c1-2-16-14-11(6-5-9-17-14)10-18-13-8-4-3-7-12(13)15/h3-9H,2,10H2,1H3,(H,16,17). The van der Waals surface area contributed by atoms with E-state index in [0.29, 0.717) is 6.61 Å². The number of ether oxygens (including phenoxy) is 1. The molecule has 0 atom stereocenters. The van der Waals surface area contributed by atoms with Crippen molar-refractivity contribution in [1.82, 2.24) is 4.98 Å². The molecule has 0 unspecified atom stereocenters. The van der Waals surface area contributed by atoms with E-state index in [2.05, 4.69) is 39.8 Å². The number of benzene rings is 1. The van der Waals surface area contributed by atoms with Gasteiger partial charge in [-0.15, -0.1) is 0 Å². The third kappa shape index (κ3) is 3.35. The van der Waals surface area contributed by atoms with Crippen LogP contribution >= 0.6 is 22.6 Å². The molecule has 0 radical (unpaired) electrons. The Morgan fingerprint density at radius 2 is 2.06 bits per heavy atom. The van der Waals surface area contributed by atoms with Crippen molar-refractivity contribution in [2.24, 2.45) is 0 Å². The number of hydrogen-bond donors (Lipinski definition) is 1. The normalized spacial score (nSPS) is 10.1. The Labute approximate surface area is 121 Å². The minimum atomic E-state index is 0.524. The molecule has 0 saturated carbocycles. The summed E-state index contributed by atoms with van der Waals surface area (Å²) in [6, 6.07) is 11.9. The Morgan fingerprint density at radius 1 is 1.22 bits per heavy atom. The van der Waals surface area contributed by atoms with Crippen LogP contribution in [0.25, 0.3) is 0 Å². The quantitative estimate of drug-likeness (QED) is 0.832. The lowest BCUT2D eigenvalue weighted by Gasteiger charge is -2.11. The Kier molecular flexibility index (Phi) is 4.81. The second-order valence-corrected chi connectivity index (χ2v) is 4.92. The van der Waals surface area contributed by atoms with Gasteiger partial charge in [0.1, 0.15) is 18.2 Å². The fraction of sp³-hybridized carbons (Fsp3) is 0.214. The van der Waals surface area contributed by atoms with Crippen LogP contribution in [-0.4, -0.2) is 11.5 Å². The van der Waals surface area contributed by atoms with Crippen LogP contribution in [0, 0.1) is 3.57 Å². The van der Waals surface area contributed by atoms with Crippen LogP contribution in [0.15, 0.2) is 42.6 Å². The van der Waals surface area contributed by atoms with E-state index in [0.717, 1.165) is 27.2 Å². The minimum absolute atomic E-state index is 0.524. The molecule has 4 heteroatoms. The summed E-state index contributed by atoms with van der Waals surface area (Å²) in [5.41, 5.74) is 1.07. The fourth-order valence-electron chi connectivity index (χ4n) is 1.60. The van der Waals surface area contributed by atoms with Crippen LogP contribution in [0.4, 0.5) is 5.82 Å². The number of rotatable bonds is 5. The van der Waals surface area contributed by atoms with Crippen LogP contribution in [-0.2, 0) is 6.61 Å². The van der Waals surface area contributed by atoms with E-state index in [9.17, 15) is 0 Å². The molecule has 0 aliphatic carbocycles. The van der Waals surface area contributed by atoms with E-state index in [4.69, 9.17) is 4.74 Å². The summed E-state index contributed by atoms with van der Waals surface area (Å²) in [5, 5.41) is 3.23. The number of pyridine rings is 1. The van der Waals surface area contributed by atoms with Crippen molar-refractivity contribution in [3.63, 3.8) is 0 Å². The second-order valence-electron chi connectivity index (χ2n) is 3.76. The van der Waals surface area contributed by atoms with Crippen molar-refractivity contribution in [2.75, 3.05) is 11.9 Å². The molecular formula is C14H15IN2O. The zero-order valence-electron chi connectivity index (χ0n) is 10.2. The zero-order chi connectivity index (χ0) is 12.8. The predicted octanol–water partition coefficient (Wildman–Crippen LogP) is 3.70. The topological polar surface area (TPSA) is 34.2 Å². The smallest absolute Gasteiger partial charge is 0.133 e. The summed E-state index contributed by atoms with van der Waals surface area (Å²) in [4.78, 5) is 4.31. The van der Waals surface area contributed by atoms with Gasteiger partial charge in [0.05, 0.1) is 3.57 Å². The Bertz CT molecular complexity index is 517. The van der Waals surface area contributed by atoms with E-state index in [1.54, 1.807) is 6.20 Å². The van der Waals surface area contributed by atoms with Crippen LogP contribution in [0.3, 0.4) is 0 Å². The maximum atomic E-state index is 5.82. The molecule has 0 amide bonds. The van der Waals surface area contributed by atoms with E-state index in [1.165, 1.54) is 0 Å². The lowest BCUT2D eigenvalue weighted by Crippen LogP contribution is -2.05. The lowest BCUT2D eigenvalue weighted by atomic mass is 10.2. The van der Waals surface area contributed by atoms with Crippen molar-refractivity contribution in [1.29, 1.82) is 0 Å². The van der Waals surface area contributed by atoms with Crippen molar-refractivity contribution in [3.8, 4) is 5.75 Å². The second kappa shape index (κ2) is 6.58. The molecule has 0 fully saturated rings. The highest BCUT2D eigenvalue weighted by atomic mass is 127. The largest absolute Gasteiger partial charge is 0.488 e. The molecule has 2 rings (SSSR count). The van der Waals surface area contributed by atoms with Crippen LogP contribution in [0.2, 0.25) is 0 Å². The monoisotopic (exact) mass is 354 g/mol.